The molecule has 0 atom stereocenters. The molecule has 1 aliphatic rings. The summed E-state index contributed by atoms with van der Waals surface area (Å²) in [7, 11) is 1.68. The number of hydrogen-bond donors (Lipinski definition) is 2. The second-order valence-corrected chi connectivity index (χ2v) is 5.86. The molecule has 1 aromatic carbocycles. The van der Waals surface area contributed by atoms with Crippen LogP contribution in [0, 0.1) is 0 Å². The van der Waals surface area contributed by atoms with Crippen LogP contribution >= 0.6 is 0 Å². The van der Waals surface area contributed by atoms with Crippen LogP contribution in [0.15, 0.2) is 24.3 Å². The van der Waals surface area contributed by atoms with Crippen molar-refractivity contribution in [3.05, 3.63) is 30.0 Å². The first-order valence-electron chi connectivity index (χ1n) is 7.13. The Kier molecular flexibility index (Phi) is 3.16. The molecule has 1 heterocycles. The molecule has 1 aromatic heterocycles. The summed E-state index contributed by atoms with van der Waals surface area (Å²) in [5.41, 5.74) is 9.54. The average molecular weight is 271 g/mol. The second-order valence-electron chi connectivity index (χ2n) is 5.86. The van der Waals surface area contributed by atoms with E-state index in [1.807, 2.05) is 18.2 Å². The van der Waals surface area contributed by atoms with E-state index in [0.717, 1.165) is 16.9 Å². The Morgan fingerprint density at radius 2 is 2.05 bits per heavy atom. The zero-order valence-electron chi connectivity index (χ0n) is 12.1. The number of nitrogens with zero attached hydrogens (tertiary/aromatic N) is 1. The molecule has 3 N–H and O–H groups in total. The molecular weight excluding hydrogens is 250 g/mol. The highest BCUT2D eigenvalue weighted by atomic mass is 16.5. The third kappa shape index (κ3) is 2.05. The van der Waals surface area contributed by atoms with E-state index < -0.39 is 0 Å². The molecule has 0 unspecified atom stereocenters. The molecule has 0 amide bonds. The number of rotatable bonds is 3. The molecule has 106 valence electrons. The lowest BCUT2D eigenvalue weighted by molar-refractivity contribution is 0.415. The summed E-state index contributed by atoms with van der Waals surface area (Å²) < 4.78 is 5.31. The Hall–Kier alpha value is -1.97. The maximum absolute atomic E-state index is 6.11. The van der Waals surface area contributed by atoms with Gasteiger partial charge in [0, 0.05) is 11.0 Å². The van der Waals surface area contributed by atoms with Gasteiger partial charge in [0.15, 0.2) is 5.82 Å². The van der Waals surface area contributed by atoms with E-state index in [1.165, 1.54) is 31.4 Å². The highest BCUT2D eigenvalue weighted by molar-refractivity contribution is 5.78. The highest BCUT2D eigenvalue weighted by Crippen LogP contribution is 2.45. The van der Waals surface area contributed by atoms with Crippen LogP contribution in [-0.4, -0.2) is 17.3 Å². The van der Waals surface area contributed by atoms with Crippen molar-refractivity contribution in [2.75, 3.05) is 12.8 Å². The number of nitrogens with two attached hydrogens (primary N) is 1. The lowest BCUT2D eigenvalue weighted by Crippen LogP contribution is -2.18. The molecule has 4 heteroatoms. The van der Waals surface area contributed by atoms with E-state index in [1.54, 1.807) is 7.11 Å². The number of benzene rings is 1. The van der Waals surface area contributed by atoms with Crippen LogP contribution in [-0.2, 0) is 5.41 Å². The van der Waals surface area contributed by atoms with Crippen molar-refractivity contribution < 1.29 is 4.74 Å². The number of ether oxygens (including phenoxy) is 1. The quantitative estimate of drug-likeness (QED) is 0.898. The molecular formula is C16H21N3O. The summed E-state index contributed by atoms with van der Waals surface area (Å²) in [5.74, 6) is 1.41. The summed E-state index contributed by atoms with van der Waals surface area (Å²) in [5, 5.41) is 7.43. The van der Waals surface area contributed by atoms with Crippen LogP contribution in [0.25, 0.3) is 11.1 Å². The van der Waals surface area contributed by atoms with Crippen molar-refractivity contribution in [3.63, 3.8) is 0 Å². The summed E-state index contributed by atoms with van der Waals surface area (Å²) >= 11 is 0. The minimum atomic E-state index is 0.156. The maximum Gasteiger partial charge on any atom is 0.153 e. The third-order valence-electron chi connectivity index (χ3n) is 4.46. The fraction of sp³-hybridized carbons (Fsp3) is 0.438. The minimum absolute atomic E-state index is 0.156. The predicted octanol–water partition coefficient (Wildman–Crippen LogP) is 3.50. The van der Waals surface area contributed by atoms with Crippen LogP contribution in [0.5, 0.6) is 5.75 Å². The average Bonchev–Trinajstić information content (AvgIpc) is 3.06. The topological polar surface area (TPSA) is 63.9 Å². The van der Waals surface area contributed by atoms with E-state index in [9.17, 15) is 0 Å². The van der Waals surface area contributed by atoms with Crippen LogP contribution in [0.3, 0.4) is 0 Å². The van der Waals surface area contributed by atoms with Gasteiger partial charge in [-0.15, -0.1) is 0 Å². The molecule has 3 rings (SSSR count). The number of hydrogen-bond acceptors (Lipinski definition) is 3. The van der Waals surface area contributed by atoms with Crippen molar-refractivity contribution >= 4 is 5.82 Å². The molecule has 20 heavy (non-hydrogen) atoms. The monoisotopic (exact) mass is 271 g/mol. The zero-order valence-corrected chi connectivity index (χ0v) is 12.1. The SMILES string of the molecule is COc1cccc(-c2c(N)n[nH]c2C2(C)CCCC2)c1. The summed E-state index contributed by atoms with van der Waals surface area (Å²) in [6.45, 7) is 2.30. The minimum Gasteiger partial charge on any atom is -0.497 e. The number of methoxy groups -OCH3 is 1. The Labute approximate surface area is 119 Å². The number of nitrogens with one attached hydrogen (secondary N) is 1. The van der Waals surface area contributed by atoms with Crippen molar-refractivity contribution in [1.29, 1.82) is 0 Å². The number of nitrogen functional groups attached to an aromatic ring is 1. The van der Waals surface area contributed by atoms with Crippen LogP contribution in [0.2, 0.25) is 0 Å². The molecule has 0 radical (unpaired) electrons. The summed E-state index contributed by atoms with van der Waals surface area (Å²) in [4.78, 5) is 0. The van der Waals surface area contributed by atoms with Gasteiger partial charge in [-0.1, -0.05) is 31.9 Å². The van der Waals surface area contributed by atoms with Gasteiger partial charge in [-0.05, 0) is 30.5 Å². The first-order chi connectivity index (χ1) is 9.64. The van der Waals surface area contributed by atoms with Gasteiger partial charge < -0.3 is 10.5 Å². The smallest absolute Gasteiger partial charge is 0.153 e. The van der Waals surface area contributed by atoms with Crippen LogP contribution in [0.4, 0.5) is 5.82 Å². The van der Waals surface area contributed by atoms with E-state index in [2.05, 4.69) is 23.2 Å². The van der Waals surface area contributed by atoms with Gasteiger partial charge in [0.25, 0.3) is 0 Å². The van der Waals surface area contributed by atoms with E-state index in [0.29, 0.717) is 5.82 Å². The molecule has 1 saturated carbocycles. The lowest BCUT2D eigenvalue weighted by Gasteiger charge is -2.23. The van der Waals surface area contributed by atoms with Gasteiger partial charge in [0.1, 0.15) is 5.75 Å². The molecule has 4 nitrogen and oxygen atoms in total. The highest BCUT2D eigenvalue weighted by Gasteiger charge is 2.35. The molecule has 0 saturated heterocycles. The third-order valence-corrected chi connectivity index (χ3v) is 4.46. The molecule has 0 aliphatic heterocycles. The Morgan fingerprint density at radius 3 is 2.75 bits per heavy atom. The van der Waals surface area contributed by atoms with Gasteiger partial charge in [0.2, 0.25) is 0 Å². The number of aromatic nitrogens is 2. The molecule has 1 aliphatic carbocycles. The maximum atomic E-state index is 6.11. The molecule has 0 bridgehead atoms. The van der Waals surface area contributed by atoms with Crippen molar-refractivity contribution in [2.45, 2.75) is 38.0 Å². The zero-order chi connectivity index (χ0) is 14.2. The fourth-order valence-electron chi connectivity index (χ4n) is 3.27. The lowest BCUT2D eigenvalue weighted by atomic mass is 9.81. The van der Waals surface area contributed by atoms with Crippen molar-refractivity contribution in [1.82, 2.24) is 10.2 Å². The Morgan fingerprint density at radius 1 is 1.30 bits per heavy atom. The standard InChI is InChI=1S/C16H21N3O/c1-16(8-3-4-9-16)14-13(15(17)19-18-14)11-6-5-7-12(10-11)20-2/h5-7,10H,3-4,8-9H2,1-2H3,(H3,17,18,19). The Bertz CT molecular complexity index is 612. The second kappa shape index (κ2) is 4.85. The van der Waals surface area contributed by atoms with Crippen LogP contribution in [0.1, 0.15) is 38.3 Å². The van der Waals surface area contributed by atoms with Gasteiger partial charge in [-0.3, -0.25) is 5.10 Å². The largest absolute Gasteiger partial charge is 0.497 e. The normalized spacial score (nSPS) is 17.3. The summed E-state index contributed by atoms with van der Waals surface area (Å²) in [6.07, 6.45) is 4.91. The molecule has 2 aromatic rings. The van der Waals surface area contributed by atoms with E-state index in [-0.39, 0.29) is 5.41 Å². The summed E-state index contributed by atoms with van der Waals surface area (Å²) in [6, 6.07) is 8.01. The molecule has 0 spiro atoms. The number of anilines is 1. The Balaban J connectivity index is 2.11. The van der Waals surface area contributed by atoms with Gasteiger partial charge >= 0.3 is 0 Å². The first kappa shape index (κ1) is 13.0. The predicted molar refractivity (Wildman–Crippen MR) is 80.8 cm³/mol. The van der Waals surface area contributed by atoms with Crippen molar-refractivity contribution in [3.8, 4) is 16.9 Å². The van der Waals surface area contributed by atoms with Gasteiger partial charge in [-0.25, -0.2) is 0 Å². The fourth-order valence-corrected chi connectivity index (χ4v) is 3.27. The van der Waals surface area contributed by atoms with Crippen LogP contribution < -0.4 is 10.5 Å². The van der Waals surface area contributed by atoms with Gasteiger partial charge in [-0.2, -0.15) is 5.10 Å². The van der Waals surface area contributed by atoms with Crippen molar-refractivity contribution in [2.24, 2.45) is 0 Å². The van der Waals surface area contributed by atoms with E-state index in [4.69, 9.17) is 10.5 Å². The number of H-pyrrole nitrogens is 1. The first-order valence-corrected chi connectivity index (χ1v) is 7.13. The van der Waals surface area contributed by atoms with E-state index >= 15 is 0 Å². The van der Waals surface area contributed by atoms with Gasteiger partial charge in [0.05, 0.1) is 12.8 Å². The number of aromatic amines is 1. The molecule has 1 fully saturated rings.